The standard InChI is InChI=1S/C16H18N2O2S/c17-15-13(16(19)18-9-11-6-7-20-10-11)8-14(21-15)12-4-2-1-3-5-12/h1-5,8,11H,6-7,9-10,17H2,(H,18,19). The maximum Gasteiger partial charge on any atom is 0.254 e. The minimum Gasteiger partial charge on any atom is -0.390 e. The van der Waals surface area contributed by atoms with Gasteiger partial charge >= 0.3 is 0 Å². The van der Waals surface area contributed by atoms with Gasteiger partial charge in [0.2, 0.25) is 0 Å². The number of carbonyl (C=O) groups is 1. The van der Waals surface area contributed by atoms with Gasteiger partial charge in [0.1, 0.15) is 0 Å². The second-order valence-corrected chi connectivity index (χ2v) is 6.28. The average Bonchev–Trinajstić information content (AvgIpc) is 3.15. The number of anilines is 1. The van der Waals surface area contributed by atoms with E-state index >= 15 is 0 Å². The van der Waals surface area contributed by atoms with Crippen LogP contribution < -0.4 is 11.1 Å². The first-order valence-electron chi connectivity index (χ1n) is 7.04. The third-order valence-electron chi connectivity index (χ3n) is 3.64. The zero-order chi connectivity index (χ0) is 14.7. The number of ether oxygens (including phenoxy) is 1. The second-order valence-electron chi connectivity index (χ2n) is 5.19. The van der Waals surface area contributed by atoms with Gasteiger partial charge in [0.15, 0.2) is 0 Å². The molecule has 1 aromatic heterocycles. The van der Waals surface area contributed by atoms with Crippen LogP contribution in [-0.4, -0.2) is 25.7 Å². The van der Waals surface area contributed by atoms with Crippen molar-refractivity contribution >= 4 is 22.2 Å². The van der Waals surface area contributed by atoms with Crippen molar-refractivity contribution < 1.29 is 9.53 Å². The number of rotatable bonds is 4. The molecule has 21 heavy (non-hydrogen) atoms. The molecule has 1 amide bonds. The highest BCUT2D eigenvalue weighted by Crippen LogP contribution is 2.33. The lowest BCUT2D eigenvalue weighted by atomic mass is 10.1. The molecule has 3 rings (SSSR count). The Morgan fingerprint density at radius 1 is 1.38 bits per heavy atom. The third-order valence-corrected chi connectivity index (χ3v) is 4.65. The topological polar surface area (TPSA) is 64.4 Å². The Kier molecular flexibility index (Phi) is 4.22. The van der Waals surface area contributed by atoms with E-state index in [9.17, 15) is 4.79 Å². The summed E-state index contributed by atoms with van der Waals surface area (Å²) in [5.74, 6) is 0.320. The van der Waals surface area contributed by atoms with Gasteiger partial charge in [0, 0.05) is 23.9 Å². The van der Waals surface area contributed by atoms with Gasteiger partial charge in [0.25, 0.3) is 5.91 Å². The van der Waals surface area contributed by atoms with Crippen LogP contribution in [-0.2, 0) is 4.74 Å². The molecule has 1 saturated heterocycles. The van der Waals surface area contributed by atoms with Crippen molar-refractivity contribution in [1.82, 2.24) is 5.32 Å². The molecule has 0 bridgehead atoms. The van der Waals surface area contributed by atoms with Crippen LogP contribution in [0.25, 0.3) is 10.4 Å². The molecule has 0 aliphatic carbocycles. The lowest BCUT2D eigenvalue weighted by molar-refractivity contribution is 0.0946. The molecule has 110 valence electrons. The van der Waals surface area contributed by atoms with Gasteiger partial charge < -0.3 is 15.8 Å². The quantitative estimate of drug-likeness (QED) is 0.913. The molecule has 4 nitrogen and oxygen atoms in total. The van der Waals surface area contributed by atoms with Crippen molar-refractivity contribution in [2.24, 2.45) is 5.92 Å². The van der Waals surface area contributed by atoms with Crippen LogP contribution in [0, 0.1) is 5.92 Å². The van der Waals surface area contributed by atoms with E-state index < -0.39 is 0 Å². The van der Waals surface area contributed by atoms with Crippen molar-refractivity contribution in [2.75, 3.05) is 25.5 Å². The molecular formula is C16H18N2O2S. The van der Waals surface area contributed by atoms with Crippen molar-refractivity contribution in [3.8, 4) is 10.4 Å². The number of thiophene rings is 1. The maximum atomic E-state index is 12.2. The predicted molar refractivity (Wildman–Crippen MR) is 85.4 cm³/mol. The molecule has 2 aromatic rings. The van der Waals surface area contributed by atoms with Crippen LogP contribution >= 0.6 is 11.3 Å². The molecule has 1 aliphatic heterocycles. The smallest absolute Gasteiger partial charge is 0.254 e. The van der Waals surface area contributed by atoms with Crippen LogP contribution in [0.1, 0.15) is 16.8 Å². The molecule has 1 unspecified atom stereocenters. The molecule has 1 atom stereocenters. The van der Waals surface area contributed by atoms with E-state index in [4.69, 9.17) is 10.5 Å². The first-order valence-corrected chi connectivity index (χ1v) is 7.86. The Labute approximate surface area is 127 Å². The molecular weight excluding hydrogens is 284 g/mol. The number of benzene rings is 1. The Balaban J connectivity index is 1.70. The lowest BCUT2D eigenvalue weighted by Crippen LogP contribution is -2.29. The summed E-state index contributed by atoms with van der Waals surface area (Å²) < 4.78 is 5.31. The number of nitrogens with one attached hydrogen (secondary N) is 1. The summed E-state index contributed by atoms with van der Waals surface area (Å²) in [6, 6.07) is 11.8. The molecule has 1 aliphatic rings. The monoisotopic (exact) mass is 302 g/mol. The second kappa shape index (κ2) is 6.28. The Morgan fingerprint density at radius 2 is 2.19 bits per heavy atom. The molecule has 1 fully saturated rings. The van der Waals surface area contributed by atoms with Crippen molar-refractivity contribution in [3.63, 3.8) is 0 Å². The number of carbonyl (C=O) groups excluding carboxylic acids is 1. The first-order chi connectivity index (χ1) is 10.2. The average molecular weight is 302 g/mol. The SMILES string of the molecule is Nc1sc(-c2ccccc2)cc1C(=O)NCC1CCOC1. The van der Waals surface area contributed by atoms with E-state index in [2.05, 4.69) is 5.32 Å². The molecule has 0 spiro atoms. The van der Waals surface area contributed by atoms with E-state index in [0.29, 0.717) is 23.0 Å². The van der Waals surface area contributed by atoms with Crippen LogP contribution in [0.15, 0.2) is 36.4 Å². The van der Waals surface area contributed by atoms with E-state index in [1.807, 2.05) is 36.4 Å². The van der Waals surface area contributed by atoms with E-state index in [-0.39, 0.29) is 5.91 Å². The fraction of sp³-hybridized carbons (Fsp3) is 0.312. The number of hydrogen-bond donors (Lipinski definition) is 2. The summed E-state index contributed by atoms with van der Waals surface area (Å²) >= 11 is 1.45. The van der Waals surface area contributed by atoms with Crippen LogP contribution in [0.4, 0.5) is 5.00 Å². The van der Waals surface area contributed by atoms with E-state index in [0.717, 1.165) is 30.1 Å². The molecule has 1 aromatic carbocycles. The van der Waals surface area contributed by atoms with E-state index in [1.165, 1.54) is 11.3 Å². The van der Waals surface area contributed by atoms with Crippen LogP contribution in [0.2, 0.25) is 0 Å². The summed E-state index contributed by atoms with van der Waals surface area (Å²) in [5, 5.41) is 3.52. The Morgan fingerprint density at radius 3 is 2.90 bits per heavy atom. The summed E-state index contributed by atoms with van der Waals surface area (Å²) in [6.07, 6.45) is 1.01. The summed E-state index contributed by atoms with van der Waals surface area (Å²) in [4.78, 5) is 13.3. The number of nitrogen functional groups attached to an aromatic ring is 1. The predicted octanol–water partition coefficient (Wildman–Crippen LogP) is 2.76. The number of hydrogen-bond acceptors (Lipinski definition) is 4. The van der Waals surface area contributed by atoms with Gasteiger partial charge in [-0.05, 0) is 18.1 Å². The van der Waals surface area contributed by atoms with Crippen molar-refractivity contribution in [2.45, 2.75) is 6.42 Å². The highest BCUT2D eigenvalue weighted by atomic mass is 32.1. The van der Waals surface area contributed by atoms with Gasteiger partial charge in [-0.2, -0.15) is 0 Å². The zero-order valence-corrected chi connectivity index (χ0v) is 12.5. The first kappa shape index (κ1) is 14.1. The normalized spacial score (nSPS) is 17.8. The molecule has 3 N–H and O–H groups in total. The van der Waals surface area contributed by atoms with Crippen molar-refractivity contribution in [3.05, 3.63) is 42.0 Å². The minimum atomic E-state index is -0.0992. The van der Waals surface area contributed by atoms with Crippen LogP contribution in [0.5, 0.6) is 0 Å². The highest BCUT2D eigenvalue weighted by Gasteiger charge is 2.19. The molecule has 0 radical (unpaired) electrons. The largest absolute Gasteiger partial charge is 0.390 e. The summed E-state index contributed by atoms with van der Waals surface area (Å²) in [5.41, 5.74) is 7.64. The van der Waals surface area contributed by atoms with Crippen molar-refractivity contribution in [1.29, 1.82) is 0 Å². The molecule has 0 saturated carbocycles. The fourth-order valence-electron chi connectivity index (χ4n) is 2.40. The third kappa shape index (κ3) is 3.25. The van der Waals surface area contributed by atoms with Gasteiger partial charge in [-0.3, -0.25) is 4.79 Å². The van der Waals surface area contributed by atoms with Gasteiger partial charge in [-0.15, -0.1) is 11.3 Å². The van der Waals surface area contributed by atoms with Gasteiger partial charge in [0.05, 0.1) is 17.2 Å². The zero-order valence-electron chi connectivity index (χ0n) is 11.7. The number of amides is 1. The van der Waals surface area contributed by atoms with Crippen LogP contribution in [0.3, 0.4) is 0 Å². The Hall–Kier alpha value is -1.85. The minimum absolute atomic E-state index is 0.0992. The fourth-order valence-corrected chi connectivity index (χ4v) is 3.33. The molecule has 2 heterocycles. The van der Waals surface area contributed by atoms with Gasteiger partial charge in [-0.1, -0.05) is 30.3 Å². The summed E-state index contributed by atoms with van der Waals surface area (Å²) in [6.45, 7) is 2.17. The maximum absolute atomic E-state index is 12.2. The summed E-state index contributed by atoms with van der Waals surface area (Å²) in [7, 11) is 0. The molecule has 5 heteroatoms. The highest BCUT2D eigenvalue weighted by molar-refractivity contribution is 7.19. The van der Waals surface area contributed by atoms with Gasteiger partial charge in [-0.25, -0.2) is 0 Å². The lowest BCUT2D eigenvalue weighted by Gasteiger charge is -2.08. The number of nitrogens with two attached hydrogens (primary N) is 1. The van der Waals surface area contributed by atoms with E-state index in [1.54, 1.807) is 0 Å². The Bertz CT molecular complexity index is 618.